The van der Waals surface area contributed by atoms with Crippen LogP contribution in [0.4, 0.5) is 5.69 Å². The fourth-order valence-corrected chi connectivity index (χ4v) is 4.80. The van der Waals surface area contributed by atoms with E-state index in [1.165, 1.54) is 15.9 Å². The van der Waals surface area contributed by atoms with E-state index in [0.717, 1.165) is 31.4 Å². The third-order valence-corrected chi connectivity index (χ3v) is 7.14. The Morgan fingerprint density at radius 1 is 0.895 bits per heavy atom. The van der Waals surface area contributed by atoms with Crippen LogP contribution < -0.4 is 39.2 Å². The maximum atomic E-state index is 13.1. The molecule has 0 saturated carbocycles. The van der Waals surface area contributed by atoms with Crippen molar-refractivity contribution in [1.29, 1.82) is 0 Å². The van der Waals surface area contributed by atoms with Crippen molar-refractivity contribution in [2.75, 3.05) is 30.3 Å². The molecule has 2 aliphatic rings. The third-order valence-electron chi connectivity index (χ3n) is 5.91. The van der Waals surface area contributed by atoms with Gasteiger partial charge >= 0.3 is 29.6 Å². The number of anilines is 1. The fourth-order valence-electron chi connectivity index (χ4n) is 3.97. The van der Waals surface area contributed by atoms with E-state index >= 15 is 0 Å². The van der Waals surface area contributed by atoms with Gasteiger partial charge in [0, 0.05) is 25.4 Å². The first-order valence-corrected chi connectivity index (χ1v) is 14.4. The molecule has 9 nitrogen and oxygen atoms in total. The van der Waals surface area contributed by atoms with E-state index in [4.69, 9.17) is 17.0 Å². The summed E-state index contributed by atoms with van der Waals surface area (Å²) in [4.78, 5) is 31.0. The Bertz CT molecular complexity index is 1200. The van der Waals surface area contributed by atoms with Crippen LogP contribution in [0.3, 0.4) is 0 Å². The van der Waals surface area contributed by atoms with Gasteiger partial charge in [-0.15, -0.1) is 0 Å². The molecule has 0 spiro atoms. The molecular formula is C26H32N3NaO6S2. The number of amides is 2. The molecule has 200 valence electrons. The van der Waals surface area contributed by atoms with Gasteiger partial charge in [-0.1, -0.05) is 51.0 Å². The molecule has 0 radical (unpaired) electrons. The normalized spacial score (nSPS) is 16.8. The summed E-state index contributed by atoms with van der Waals surface area (Å²) in [6.07, 6.45) is 9.85. The Kier molecular flexibility index (Phi) is 12.7. The van der Waals surface area contributed by atoms with Gasteiger partial charge in [-0.25, -0.2) is 8.42 Å². The van der Waals surface area contributed by atoms with Crippen molar-refractivity contribution in [3.05, 3.63) is 60.0 Å². The Morgan fingerprint density at radius 3 is 2.03 bits per heavy atom. The summed E-state index contributed by atoms with van der Waals surface area (Å²) in [5.41, 5.74) is 0.802. The van der Waals surface area contributed by atoms with Crippen molar-refractivity contribution >= 4 is 45.0 Å². The van der Waals surface area contributed by atoms with Crippen molar-refractivity contribution < 1.29 is 56.9 Å². The van der Waals surface area contributed by atoms with E-state index in [9.17, 15) is 22.6 Å². The van der Waals surface area contributed by atoms with Crippen molar-refractivity contribution in [2.24, 2.45) is 0 Å². The number of benzene rings is 1. The van der Waals surface area contributed by atoms with E-state index in [-0.39, 0.29) is 53.2 Å². The first kappa shape index (κ1) is 32.2. The molecule has 2 heterocycles. The summed E-state index contributed by atoms with van der Waals surface area (Å²) in [5.74, 6) is -0.238. The molecule has 1 aromatic rings. The van der Waals surface area contributed by atoms with Gasteiger partial charge < -0.3 is 14.2 Å². The number of unbranched alkanes of at least 4 members (excludes halogenated alkanes) is 2. The Morgan fingerprint density at radius 2 is 1.45 bits per heavy atom. The number of carbonyl (C=O) groups excluding carboxylic acids is 2. The number of nitrogens with zero attached hydrogens (tertiary/aromatic N) is 3. The van der Waals surface area contributed by atoms with Crippen molar-refractivity contribution in [3.63, 3.8) is 0 Å². The van der Waals surface area contributed by atoms with Crippen molar-refractivity contribution in [2.45, 2.75) is 46.0 Å². The molecule has 1 saturated heterocycles. The molecule has 0 N–H and O–H groups in total. The number of fused-ring (bicyclic) bond motifs is 1. The van der Waals surface area contributed by atoms with Crippen molar-refractivity contribution in [1.82, 2.24) is 9.80 Å². The molecule has 0 aromatic heterocycles. The van der Waals surface area contributed by atoms with Crippen LogP contribution in [0.25, 0.3) is 0 Å². The summed E-state index contributed by atoms with van der Waals surface area (Å²) in [5, 5.41) is 0.257. The second-order valence-electron chi connectivity index (χ2n) is 8.71. The number of para-hydroxylation sites is 2. The Hall–Kier alpha value is -2.02. The molecule has 0 unspecified atom stereocenters. The fraction of sp³-hybridized carbons (Fsp3) is 0.423. The number of allylic oxidation sites excluding steroid dienone is 4. The summed E-state index contributed by atoms with van der Waals surface area (Å²) in [7, 11) is -4.32. The Labute approximate surface area is 252 Å². The van der Waals surface area contributed by atoms with Crippen LogP contribution in [0.5, 0.6) is 5.75 Å². The van der Waals surface area contributed by atoms with Gasteiger partial charge in [-0.2, -0.15) is 0 Å². The largest absolute Gasteiger partial charge is 1.00 e. The van der Waals surface area contributed by atoms with E-state index in [1.807, 2.05) is 32.0 Å². The molecule has 0 atom stereocenters. The zero-order valence-electron chi connectivity index (χ0n) is 22.1. The average molecular weight is 570 g/mol. The monoisotopic (exact) mass is 569 g/mol. The SMILES string of the molecule is CCCCN1C(=O)C(=C/C=C/C=C2/Oc3ccccc3N2CCCS(=O)(=O)[O-])C(=O)N(CCCC)C1=S.[Na+]. The average Bonchev–Trinajstić information content (AvgIpc) is 3.20. The quantitative estimate of drug-likeness (QED) is 0.119. The molecular weight excluding hydrogens is 537 g/mol. The summed E-state index contributed by atoms with van der Waals surface area (Å²) in [6, 6.07) is 7.28. The number of hydrogen-bond donors (Lipinski definition) is 0. The van der Waals surface area contributed by atoms with E-state index in [0.29, 0.717) is 24.7 Å². The van der Waals surface area contributed by atoms with Crippen LogP contribution in [-0.4, -0.2) is 65.1 Å². The zero-order chi connectivity index (χ0) is 27.0. The number of carbonyl (C=O) groups is 2. The molecule has 12 heteroatoms. The minimum atomic E-state index is -4.32. The number of thiocarbonyl (C=S) groups is 1. The summed E-state index contributed by atoms with van der Waals surface area (Å²) >= 11 is 5.47. The minimum absolute atomic E-state index is 0. The summed E-state index contributed by atoms with van der Waals surface area (Å²) in [6.45, 7) is 5.23. The third kappa shape index (κ3) is 8.24. The molecule has 38 heavy (non-hydrogen) atoms. The predicted molar refractivity (Wildman–Crippen MR) is 145 cm³/mol. The summed E-state index contributed by atoms with van der Waals surface area (Å²) < 4.78 is 39.0. The second kappa shape index (κ2) is 14.9. The van der Waals surface area contributed by atoms with Gasteiger partial charge in [0.1, 0.15) is 5.57 Å². The van der Waals surface area contributed by atoms with Crippen LogP contribution in [0.15, 0.2) is 60.0 Å². The molecule has 0 bridgehead atoms. The first-order chi connectivity index (χ1) is 17.7. The number of rotatable bonds is 12. The first-order valence-electron chi connectivity index (χ1n) is 12.4. The topological polar surface area (TPSA) is 110 Å². The van der Waals surface area contributed by atoms with E-state index < -0.39 is 27.7 Å². The molecule has 2 amide bonds. The molecule has 2 aliphatic heterocycles. The standard InChI is InChI=1S/C26H33N3O6S2.Na/c1-3-5-16-28-24(30)20(25(31)29(26(28)36)17-6-4-2)12-7-10-15-23-27(18-11-19-37(32,33)34)21-13-8-9-14-22(21)35-23;/h7-10,12-15H,3-6,11,16-19H2,1-2H3,(H,32,33,34);/q;+1/p-1/b10-7+,23-15+;. The maximum absolute atomic E-state index is 13.1. The van der Waals surface area contributed by atoms with E-state index in [2.05, 4.69) is 0 Å². The molecule has 1 fully saturated rings. The van der Waals surface area contributed by atoms with Crippen LogP contribution >= 0.6 is 12.2 Å². The van der Waals surface area contributed by atoms with Crippen molar-refractivity contribution in [3.8, 4) is 5.75 Å². The van der Waals surface area contributed by atoms with Crippen LogP contribution in [0, 0.1) is 0 Å². The maximum Gasteiger partial charge on any atom is 1.00 e. The van der Waals surface area contributed by atoms with E-state index in [1.54, 1.807) is 29.2 Å². The van der Waals surface area contributed by atoms with Crippen LogP contribution in [0.1, 0.15) is 46.0 Å². The van der Waals surface area contributed by atoms with Gasteiger partial charge in [0.2, 0.25) is 5.88 Å². The predicted octanol–water partition coefficient (Wildman–Crippen LogP) is 0.705. The zero-order valence-corrected chi connectivity index (χ0v) is 25.7. The van der Waals surface area contributed by atoms with Gasteiger partial charge in [0.25, 0.3) is 11.8 Å². The van der Waals surface area contributed by atoms with Gasteiger partial charge in [-0.05, 0) is 55.8 Å². The minimum Gasteiger partial charge on any atom is -0.748 e. The molecule has 0 aliphatic carbocycles. The second-order valence-corrected chi connectivity index (χ2v) is 10.6. The van der Waals surface area contributed by atoms with Gasteiger partial charge in [0.15, 0.2) is 10.9 Å². The van der Waals surface area contributed by atoms with Gasteiger partial charge in [0.05, 0.1) is 15.8 Å². The van der Waals surface area contributed by atoms with Crippen LogP contribution in [-0.2, 0) is 19.7 Å². The number of ether oxygens (including phenoxy) is 1. The number of hydrogen-bond acceptors (Lipinski definition) is 8. The van der Waals surface area contributed by atoms with Crippen LogP contribution in [0.2, 0.25) is 0 Å². The Balaban J connectivity index is 0.00000507. The molecule has 3 rings (SSSR count). The molecule has 1 aromatic carbocycles. The van der Waals surface area contributed by atoms with Gasteiger partial charge in [-0.3, -0.25) is 19.4 Å². The smallest absolute Gasteiger partial charge is 0.748 e.